The van der Waals surface area contributed by atoms with Crippen molar-refractivity contribution in [2.75, 3.05) is 6.54 Å². The van der Waals surface area contributed by atoms with Crippen molar-refractivity contribution in [3.63, 3.8) is 0 Å². The zero-order valence-corrected chi connectivity index (χ0v) is 10.9. The predicted molar refractivity (Wildman–Crippen MR) is 68.1 cm³/mol. The Morgan fingerprint density at radius 1 is 1.30 bits per heavy atom. The molecule has 0 spiro atoms. The second-order valence-electron chi connectivity index (χ2n) is 4.51. The van der Waals surface area contributed by atoms with Crippen LogP contribution in [-0.4, -0.2) is 29.9 Å². The second-order valence-corrected chi connectivity index (χ2v) is 4.51. The highest BCUT2D eigenvalue weighted by Gasteiger charge is 2.28. The monoisotopic (exact) mass is 290 g/mol. The lowest BCUT2D eigenvalue weighted by Gasteiger charge is -2.19. The number of amides is 2. The fourth-order valence-electron chi connectivity index (χ4n) is 1.66. The average molecular weight is 290 g/mol. The van der Waals surface area contributed by atoms with E-state index in [1.165, 1.54) is 0 Å². The van der Waals surface area contributed by atoms with Crippen LogP contribution in [0.1, 0.15) is 25.0 Å². The zero-order chi connectivity index (χ0) is 15.2. The van der Waals surface area contributed by atoms with Gasteiger partial charge in [0.05, 0.1) is 6.10 Å². The molecule has 2 amide bonds. The highest BCUT2D eigenvalue weighted by atomic mass is 19.4. The molecule has 2 unspecified atom stereocenters. The van der Waals surface area contributed by atoms with Crippen LogP contribution in [0.15, 0.2) is 30.3 Å². The zero-order valence-electron chi connectivity index (χ0n) is 10.9. The molecule has 20 heavy (non-hydrogen) atoms. The molecule has 0 bridgehead atoms. The van der Waals surface area contributed by atoms with E-state index in [2.05, 4.69) is 5.32 Å². The third-order valence-corrected chi connectivity index (χ3v) is 2.59. The summed E-state index contributed by atoms with van der Waals surface area (Å²) in [5.74, 6) is 0. The van der Waals surface area contributed by atoms with Crippen molar-refractivity contribution in [3.8, 4) is 0 Å². The number of carbonyl (C=O) groups excluding carboxylic acids is 1. The molecular formula is C13H17F3N2O2. The van der Waals surface area contributed by atoms with Crippen molar-refractivity contribution in [2.24, 2.45) is 0 Å². The maximum absolute atomic E-state index is 11.9. The van der Waals surface area contributed by atoms with Crippen LogP contribution in [0.5, 0.6) is 0 Å². The number of hydrogen-bond donors (Lipinski definition) is 3. The van der Waals surface area contributed by atoms with Gasteiger partial charge in [-0.25, -0.2) is 4.79 Å². The minimum Gasteiger partial charge on any atom is -0.388 e. The first-order valence-corrected chi connectivity index (χ1v) is 6.12. The van der Waals surface area contributed by atoms with Gasteiger partial charge in [-0.3, -0.25) is 0 Å². The third kappa shape index (κ3) is 6.42. The van der Waals surface area contributed by atoms with E-state index in [-0.39, 0.29) is 6.42 Å². The van der Waals surface area contributed by atoms with Gasteiger partial charge in [-0.1, -0.05) is 30.3 Å². The number of aliphatic hydroxyl groups is 1. The summed E-state index contributed by atoms with van der Waals surface area (Å²) in [5, 5.41) is 14.0. The molecule has 0 aliphatic rings. The molecule has 0 radical (unpaired) electrons. The summed E-state index contributed by atoms with van der Waals surface area (Å²) in [6.45, 7) is 0.228. The first kappa shape index (κ1) is 16.3. The van der Waals surface area contributed by atoms with Gasteiger partial charge < -0.3 is 15.7 Å². The molecule has 0 aromatic heterocycles. The topological polar surface area (TPSA) is 61.4 Å². The molecule has 0 aliphatic heterocycles. The van der Waals surface area contributed by atoms with Crippen molar-refractivity contribution >= 4 is 6.03 Å². The predicted octanol–water partition coefficient (Wildman–Crippen LogP) is 2.36. The molecule has 0 heterocycles. The molecule has 1 rings (SSSR count). The summed E-state index contributed by atoms with van der Waals surface area (Å²) >= 11 is 0. The number of hydrogen-bond acceptors (Lipinski definition) is 2. The smallest absolute Gasteiger partial charge is 0.388 e. The fourth-order valence-corrected chi connectivity index (χ4v) is 1.66. The van der Waals surface area contributed by atoms with E-state index >= 15 is 0 Å². The van der Waals surface area contributed by atoms with Gasteiger partial charge in [-0.05, 0) is 18.9 Å². The van der Waals surface area contributed by atoms with Crippen LogP contribution in [0.3, 0.4) is 0 Å². The lowest BCUT2D eigenvalue weighted by Crippen LogP contribution is -2.44. The average Bonchev–Trinajstić information content (AvgIpc) is 2.36. The number of rotatable bonds is 5. The van der Waals surface area contributed by atoms with Crippen molar-refractivity contribution < 1.29 is 23.1 Å². The molecule has 0 saturated heterocycles. The van der Waals surface area contributed by atoms with E-state index in [0.29, 0.717) is 5.56 Å². The summed E-state index contributed by atoms with van der Waals surface area (Å²) in [4.78, 5) is 11.2. The van der Waals surface area contributed by atoms with Crippen molar-refractivity contribution in [2.45, 2.75) is 31.7 Å². The SMILES string of the molecule is CC(CC(O)c1ccccc1)NC(=O)NCC(F)(F)F. The number of halogens is 3. The van der Waals surface area contributed by atoms with Gasteiger partial charge in [-0.2, -0.15) is 13.2 Å². The highest BCUT2D eigenvalue weighted by molar-refractivity contribution is 5.74. The van der Waals surface area contributed by atoms with Gasteiger partial charge in [0.1, 0.15) is 6.54 Å². The molecule has 0 fully saturated rings. The molecule has 2 atom stereocenters. The molecule has 112 valence electrons. The molecule has 7 heteroatoms. The Kier molecular flexibility index (Phi) is 5.82. The highest BCUT2D eigenvalue weighted by Crippen LogP contribution is 2.17. The maximum atomic E-state index is 11.9. The molecular weight excluding hydrogens is 273 g/mol. The van der Waals surface area contributed by atoms with E-state index in [1.807, 2.05) is 6.07 Å². The normalized spacial score (nSPS) is 14.4. The van der Waals surface area contributed by atoms with E-state index < -0.39 is 30.9 Å². The van der Waals surface area contributed by atoms with Gasteiger partial charge in [0.25, 0.3) is 0 Å². The molecule has 3 N–H and O–H groups in total. The van der Waals surface area contributed by atoms with Crippen LogP contribution in [0, 0.1) is 0 Å². The number of benzene rings is 1. The Morgan fingerprint density at radius 2 is 1.90 bits per heavy atom. The van der Waals surface area contributed by atoms with Gasteiger partial charge in [0.2, 0.25) is 0 Å². The van der Waals surface area contributed by atoms with Crippen LogP contribution >= 0.6 is 0 Å². The number of nitrogens with one attached hydrogen (secondary N) is 2. The standard InChI is InChI=1S/C13H17F3N2O2/c1-9(18-12(20)17-8-13(14,15)16)7-11(19)10-5-3-2-4-6-10/h2-6,9,11,19H,7-8H2,1H3,(H2,17,18,20). The van der Waals surface area contributed by atoms with Gasteiger partial charge in [0, 0.05) is 6.04 Å². The lowest BCUT2D eigenvalue weighted by molar-refractivity contribution is -0.122. The Labute approximate surface area is 115 Å². The molecule has 1 aromatic rings. The summed E-state index contributed by atoms with van der Waals surface area (Å²) in [6, 6.07) is 7.46. The van der Waals surface area contributed by atoms with Crippen LogP contribution < -0.4 is 10.6 Å². The summed E-state index contributed by atoms with van der Waals surface area (Å²) in [6.07, 6.45) is -5.01. The molecule has 0 saturated carbocycles. The minimum absolute atomic E-state index is 0.212. The molecule has 0 aliphatic carbocycles. The summed E-state index contributed by atoms with van der Waals surface area (Å²) in [5.41, 5.74) is 0.692. The number of alkyl halides is 3. The van der Waals surface area contributed by atoms with Gasteiger partial charge in [0.15, 0.2) is 0 Å². The van der Waals surface area contributed by atoms with Crippen molar-refractivity contribution in [3.05, 3.63) is 35.9 Å². The number of aliphatic hydroxyl groups excluding tert-OH is 1. The number of urea groups is 1. The van der Waals surface area contributed by atoms with Gasteiger partial charge >= 0.3 is 12.2 Å². The fraction of sp³-hybridized carbons (Fsp3) is 0.462. The molecule has 1 aromatic carbocycles. The quantitative estimate of drug-likeness (QED) is 0.779. The summed E-state index contributed by atoms with van der Waals surface area (Å²) in [7, 11) is 0. The van der Waals surface area contributed by atoms with Crippen LogP contribution in [-0.2, 0) is 0 Å². The lowest BCUT2D eigenvalue weighted by atomic mass is 10.0. The second kappa shape index (κ2) is 7.14. The van der Waals surface area contributed by atoms with E-state index in [4.69, 9.17) is 0 Å². The largest absolute Gasteiger partial charge is 0.405 e. The number of carbonyl (C=O) groups is 1. The Balaban J connectivity index is 2.36. The molecule has 4 nitrogen and oxygen atoms in total. The Hall–Kier alpha value is -1.76. The maximum Gasteiger partial charge on any atom is 0.405 e. The van der Waals surface area contributed by atoms with Gasteiger partial charge in [-0.15, -0.1) is 0 Å². The first-order valence-electron chi connectivity index (χ1n) is 6.12. The summed E-state index contributed by atoms with van der Waals surface area (Å²) < 4.78 is 35.7. The van der Waals surface area contributed by atoms with Crippen LogP contribution in [0.25, 0.3) is 0 Å². The minimum atomic E-state index is -4.44. The van der Waals surface area contributed by atoms with E-state index in [0.717, 1.165) is 0 Å². The van der Waals surface area contributed by atoms with E-state index in [9.17, 15) is 23.1 Å². The van der Waals surface area contributed by atoms with Crippen LogP contribution in [0.2, 0.25) is 0 Å². The first-order chi connectivity index (χ1) is 9.28. The third-order valence-electron chi connectivity index (χ3n) is 2.59. The van der Waals surface area contributed by atoms with Crippen molar-refractivity contribution in [1.29, 1.82) is 0 Å². The van der Waals surface area contributed by atoms with Crippen LogP contribution in [0.4, 0.5) is 18.0 Å². The Morgan fingerprint density at radius 3 is 2.45 bits per heavy atom. The van der Waals surface area contributed by atoms with Crippen molar-refractivity contribution in [1.82, 2.24) is 10.6 Å². The van der Waals surface area contributed by atoms with E-state index in [1.54, 1.807) is 36.5 Å². The Bertz CT molecular complexity index is 423.